The van der Waals surface area contributed by atoms with E-state index in [4.69, 9.17) is 0 Å². The van der Waals surface area contributed by atoms with E-state index in [0.29, 0.717) is 5.92 Å². The number of hydrogen-bond acceptors (Lipinski definition) is 3. The van der Waals surface area contributed by atoms with Crippen molar-refractivity contribution in [3.8, 4) is 0 Å². The summed E-state index contributed by atoms with van der Waals surface area (Å²) in [5.41, 5.74) is 1.09. The predicted octanol–water partition coefficient (Wildman–Crippen LogP) is 3.96. The molecule has 1 atom stereocenters. The lowest BCUT2D eigenvalue weighted by Gasteiger charge is -2.24. The average molecular weight is 278 g/mol. The molecule has 2 aromatic heterocycles. The lowest BCUT2D eigenvalue weighted by molar-refractivity contribution is 0.126. The van der Waals surface area contributed by atoms with Crippen LogP contribution in [0.1, 0.15) is 62.1 Å². The minimum absolute atomic E-state index is 0.332. The quantitative estimate of drug-likeness (QED) is 0.919. The van der Waals surface area contributed by atoms with Crippen LogP contribution in [0.5, 0.6) is 0 Å². The fourth-order valence-electron chi connectivity index (χ4n) is 3.30. The maximum Gasteiger partial charge on any atom is 0.120 e. The number of imidazole rings is 1. The summed E-state index contributed by atoms with van der Waals surface area (Å²) in [6.07, 6.45) is 11.9. The summed E-state index contributed by atoms with van der Waals surface area (Å²) in [5.74, 6) is 0.701. The summed E-state index contributed by atoms with van der Waals surface area (Å²) < 4.78 is 2.08. The summed E-state index contributed by atoms with van der Waals surface area (Å²) in [7, 11) is 0. The van der Waals surface area contributed by atoms with Crippen molar-refractivity contribution in [3.63, 3.8) is 0 Å². The standard InChI is InChI=1S/C15H22N2OS/c1-2-13-15(17-10-16-9-14(17)19-13)12(18)8-11-6-4-3-5-7-11/h9-12,18H,2-8H2,1H3. The fourth-order valence-corrected chi connectivity index (χ4v) is 4.40. The van der Waals surface area contributed by atoms with Crippen molar-refractivity contribution < 1.29 is 5.11 Å². The molecule has 2 heterocycles. The largest absolute Gasteiger partial charge is 0.387 e. The van der Waals surface area contributed by atoms with Gasteiger partial charge in [0.2, 0.25) is 0 Å². The third-order valence-corrected chi connectivity index (χ3v) is 5.55. The zero-order valence-electron chi connectivity index (χ0n) is 11.5. The summed E-state index contributed by atoms with van der Waals surface area (Å²) in [4.78, 5) is 6.64. The molecule has 1 aliphatic carbocycles. The molecule has 4 heteroatoms. The van der Waals surface area contributed by atoms with Gasteiger partial charge in [-0.3, -0.25) is 4.40 Å². The third-order valence-electron chi connectivity index (χ3n) is 4.30. The van der Waals surface area contributed by atoms with Gasteiger partial charge in [0.1, 0.15) is 11.2 Å². The first-order valence-electron chi connectivity index (χ1n) is 7.41. The number of rotatable bonds is 4. The second kappa shape index (κ2) is 5.63. The Bertz CT molecular complexity index is 539. The molecule has 0 saturated heterocycles. The molecule has 1 unspecified atom stereocenters. The second-order valence-corrected chi connectivity index (χ2v) is 6.74. The molecule has 2 aromatic rings. The van der Waals surface area contributed by atoms with Crippen LogP contribution in [-0.4, -0.2) is 14.5 Å². The molecule has 1 aliphatic rings. The molecule has 1 fully saturated rings. The van der Waals surface area contributed by atoms with Crippen molar-refractivity contribution >= 4 is 16.2 Å². The van der Waals surface area contributed by atoms with Gasteiger partial charge in [-0.25, -0.2) is 4.98 Å². The van der Waals surface area contributed by atoms with E-state index in [-0.39, 0.29) is 6.10 Å². The molecular formula is C15H22N2OS. The van der Waals surface area contributed by atoms with Gasteiger partial charge in [0.05, 0.1) is 18.0 Å². The highest BCUT2D eigenvalue weighted by molar-refractivity contribution is 7.17. The van der Waals surface area contributed by atoms with Gasteiger partial charge in [0.15, 0.2) is 0 Å². The topological polar surface area (TPSA) is 37.5 Å². The molecule has 0 aromatic carbocycles. The molecule has 0 spiro atoms. The van der Waals surface area contributed by atoms with E-state index in [1.165, 1.54) is 37.0 Å². The highest BCUT2D eigenvalue weighted by atomic mass is 32.1. The number of nitrogens with zero attached hydrogens (tertiary/aromatic N) is 2. The van der Waals surface area contributed by atoms with Gasteiger partial charge in [-0.2, -0.15) is 0 Å². The SMILES string of the molecule is CCc1sc2cncn2c1C(O)CC1CCCCC1. The molecule has 0 radical (unpaired) electrons. The fraction of sp³-hybridized carbons (Fsp3) is 0.667. The van der Waals surface area contributed by atoms with Crippen LogP contribution < -0.4 is 0 Å². The summed E-state index contributed by atoms with van der Waals surface area (Å²) in [6, 6.07) is 0. The van der Waals surface area contributed by atoms with Crippen molar-refractivity contribution in [2.75, 3.05) is 0 Å². The van der Waals surface area contributed by atoms with Gasteiger partial charge in [-0.15, -0.1) is 11.3 Å². The summed E-state index contributed by atoms with van der Waals surface area (Å²) in [6.45, 7) is 2.16. The van der Waals surface area contributed by atoms with E-state index in [1.807, 2.05) is 12.5 Å². The van der Waals surface area contributed by atoms with Crippen LogP contribution in [0, 0.1) is 5.92 Å². The Balaban J connectivity index is 1.83. The van der Waals surface area contributed by atoms with Crippen molar-refractivity contribution in [3.05, 3.63) is 23.1 Å². The van der Waals surface area contributed by atoms with Crippen LogP contribution in [0.15, 0.2) is 12.5 Å². The van der Waals surface area contributed by atoms with Gasteiger partial charge in [0.25, 0.3) is 0 Å². The van der Waals surface area contributed by atoms with Crippen LogP contribution in [-0.2, 0) is 6.42 Å². The van der Waals surface area contributed by atoms with Gasteiger partial charge in [0, 0.05) is 4.88 Å². The lowest BCUT2D eigenvalue weighted by Crippen LogP contribution is -2.13. The Hall–Kier alpha value is -0.870. The number of thiazole rings is 1. The van der Waals surface area contributed by atoms with Crippen LogP contribution in [0.25, 0.3) is 4.83 Å². The first-order chi connectivity index (χ1) is 9.29. The Labute approximate surface area is 118 Å². The van der Waals surface area contributed by atoms with E-state index in [1.54, 1.807) is 11.3 Å². The van der Waals surface area contributed by atoms with Crippen molar-refractivity contribution in [1.82, 2.24) is 9.38 Å². The normalized spacial score (nSPS) is 19.1. The van der Waals surface area contributed by atoms with Crippen LogP contribution >= 0.6 is 11.3 Å². The number of fused-ring (bicyclic) bond motifs is 1. The second-order valence-electron chi connectivity index (χ2n) is 5.62. The number of aliphatic hydroxyl groups is 1. The van der Waals surface area contributed by atoms with Crippen LogP contribution in [0.3, 0.4) is 0 Å². The van der Waals surface area contributed by atoms with E-state index in [2.05, 4.69) is 16.3 Å². The van der Waals surface area contributed by atoms with Crippen molar-refractivity contribution in [2.45, 2.75) is 58.0 Å². The summed E-state index contributed by atoms with van der Waals surface area (Å²) in [5, 5.41) is 10.6. The third kappa shape index (κ3) is 2.56. The Morgan fingerprint density at radius 3 is 2.95 bits per heavy atom. The lowest BCUT2D eigenvalue weighted by atomic mass is 9.85. The Morgan fingerprint density at radius 2 is 2.21 bits per heavy atom. The molecule has 19 heavy (non-hydrogen) atoms. The van der Waals surface area contributed by atoms with Gasteiger partial charge in [-0.05, 0) is 18.8 Å². The number of aliphatic hydroxyl groups excluding tert-OH is 1. The van der Waals surface area contributed by atoms with E-state index < -0.39 is 0 Å². The van der Waals surface area contributed by atoms with Gasteiger partial charge >= 0.3 is 0 Å². The number of hydrogen-bond donors (Lipinski definition) is 1. The number of aryl methyl sites for hydroxylation is 1. The minimum Gasteiger partial charge on any atom is -0.387 e. The zero-order chi connectivity index (χ0) is 13.2. The first kappa shape index (κ1) is 13.1. The van der Waals surface area contributed by atoms with Crippen molar-refractivity contribution in [2.24, 2.45) is 5.92 Å². The predicted molar refractivity (Wildman–Crippen MR) is 78.6 cm³/mol. The Kier molecular flexibility index (Phi) is 3.89. The van der Waals surface area contributed by atoms with E-state index >= 15 is 0 Å². The maximum absolute atomic E-state index is 10.6. The molecule has 0 bridgehead atoms. The molecular weight excluding hydrogens is 256 g/mol. The zero-order valence-corrected chi connectivity index (χ0v) is 12.3. The van der Waals surface area contributed by atoms with Gasteiger partial charge < -0.3 is 5.11 Å². The van der Waals surface area contributed by atoms with E-state index in [9.17, 15) is 5.11 Å². The molecule has 0 aliphatic heterocycles. The Morgan fingerprint density at radius 1 is 1.42 bits per heavy atom. The molecule has 1 saturated carbocycles. The molecule has 3 rings (SSSR count). The maximum atomic E-state index is 10.6. The van der Waals surface area contributed by atoms with Crippen molar-refractivity contribution in [1.29, 1.82) is 0 Å². The van der Waals surface area contributed by atoms with Crippen LogP contribution in [0.4, 0.5) is 0 Å². The first-order valence-corrected chi connectivity index (χ1v) is 8.23. The molecule has 0 amide bonds. The molecule has 3 nitrogen and oxygen atoms in total. The summed E-state index contributed by atoms with van der Waals surface area (Å²) >= 11 is 1.76. The smallest absolute Gasteiger partial charge is 0.120 e. The highest BCUT2D eigenvalue weighted by Gasteiger charge is 2.23. The van der Waals surface area contributed by atoms with Gasteiger partial charge in [-0.1, -0.05) is 39.0 Å². The number of aromatic nitrogens is 2. The van der Waals surface area contributed by atoms with Crippen LogP contribution in [0.2, 0.25) is 0 Å². The monoisotopic (exact) mass is 278 g/mol. The highest BCUT2D eigenvalue weighted by Crippen LogP contribution is 2.35. The molecule has 104 valence electrons. The minimum atomic E-state index is -0.332. The average Bonchev–Trinajstić information content (AvgIpc) is 2.99. The molecule has 1 N–H and O–H groups in total. The van der Waals surface area contributed by atoms with E-state index in [0.717, 1.165) is 23.4 Å².